The van der Waals surface area contributed by atoms with E-state index in [2.05, 4.69) is 14.8 Å². The molecular formula is C8H6ClN5O4. The number of carbonyl (C=O) groups is 1. The van der Waals surface area contributed by atoms with Crippen molar-refractivity contribution in [3.8, 4) is 0 Å². The lowest BCUT2D eigenvalue weighted by Crippen LogP contribution is -2.05. The van der Waals surface area contributed by atoms with E-state index in [9.17, 15) is 14.9 Å². The molecule has 0 spiro atoms. The molecule has 0 aliphatic rings. The molecule has 18 heavy (non-hydrogen) atoms. The van der Waals surface area contributed by atoms with Crippen molar-refractivity contribution in [2.45, 2.75) is 0 Å². The Morgan fingerprint density at radius 2 is 2.33 bits per heavy atom. The summed E-state index contributed by atoms with van der Waals surface area (Å²) in [7, 11) is 1.07. The molecule has 1 aromatic carbocycles. The minimum atomic E-state index is -0.928. The van der Waals surface area contributed by atoms with Crippen LogP contribution < -0.4 is 5.73 Å². The van der Waals surface area contributed by atoms with Crippen LogP contribution >= 0.6 is 11.6 Å². The Hall–Kier alpha value is -2.51. The Morgan fingerprint density at radius 1 is 1.72 bits per heavy atom. The lowest BCUT2D eigenvalue weighted by atomic mass is 10.1. The van der Waals surface area contributed by atoms with Crippen molar-refractivity contribution in [3.63, 3.8) is 0 Å². The minimum Gasteiger partial charge on any atom is -0.465 e. The fourth-order valence-electron chi connectivity index (χ4n) is 1.20. The first-order chi connectivity index (χ1) is 8.43. The largest absolute Gasteiger partial charge is 0.465 e. The maximum Gasteiger partial charge on any atom is 0.338 e. The molecule has 0 bridgehead atoms. The molecule has 0 aromatic heterocycles. The van der Waals surface area contributed by atoms with E-state index in [4.69, 9.17) is 22.9 Å². The SMILES string of the molecule is COC(=O)c1cc([N+](=O)[O-])c(N)c(Cl)c1N=[N+]=[N-]. The Kier molecular flexibility index (Phi) is 3.93. The molecule has 0 amide bonds. The van der Waals surface area contributed by atoms with Gasteiger partial charge in [0.25, 0.3) is 5.69 Å². The number of halogens is 1. The standard InChI is InChI=1S/C8H6ClN5O4/c1-18-8(15)3-2-4(14(16)17)6(10)5(9)7(3)12-13-11/h2H,10H2,1H3. The van der Waals surface area contributed by atoms with Gasteiger partial charge in [-0.15, -0.1) is 0 Å². The van der Waals surface area contributed by atoms with E-state index in [1.54, 1.807) is 0 Å². The van der Waals surface area contributed by atoms with Crippen LogP contribution in [0.3, 0.4) is 0 Å². The highest BCUT2D eigenvalue weighted by Crippen LogP contribution is 2.40. The molecule has 0 aliphatic carbocycles. The summed E-state index contributed by atoms with van der Waals surface area (Å²) < 4.78 is 4.41. The lowest BCUT2D eigenvalue weighted by Gasteiger charge is -2.08. The van der Waals surface area contributed by atoms with E-state index in [-0.39, 0.29) is 16.3 Å². The maximum absolute atomic E-state index is 11.4. The highest BCUT2D eigenvalue weighted by molar-refractivity contribution is 6.37. The lowest BCUT2D eigenvalue weighted by molar-refractivity contribution is -0.383. The van der Waals surface area contributed by atoms with Gasteiger partial charge in [0.15, 0.2) is 0 Å². The van der Waals surface area contributed by atoms with Crippen LogP contribution in [-0.2, 0) is 4.74 Å². The van der Waals surface area contributed by atoms with E-state index in [1.165, 1.54) is 0 Å². The second-order valence-electron chi connectivity index (χ2n) is 2.96. The molecule has 0 unspecified atom stereocenters. The number of carbonyl (C=O) groups excluding carboxylic acids is 1. The van der Waals surface area contributed by atoms with Gasteiger partial charge in [0.05, 0.1) is 28.3 Å². The summed E-state index contributed by atoms with van der Waals surface area (Å²) in [5, 5.41) is 13.5. The summed E-state index contributed by atoms with van der Waals surface area (Å²) in [6, 6.07) is 0.844. The van der Waals surface area contributed by atoms with E-state index < -0.39 is 22.3 Å². The number of nitrogens with two attached hydrogens (primary N) is 1. The monoisotopic (exact) mass is 271 g/mol. The van der Waals surface area contributed by atoms with Gasteiger partial charge in [-0.3, -0.25) is 10.1 Å². The Morgan fingerprint density at radius 3 is 2.78 bits per heavy atom. The zero-order chi connectivity index (χ0) is 13.9. The van der Waals surface area contributed by atoms with Crippen molar-refractivity contribution in [2.75, 3.05) is 12.8 Å². The van der Waals surface area contributed by atoms with Gasteiger partial charge in [0.1, 0.15) is 5.69 Å². The van der Waals surface area contributed by atoms with E-state index in [1.807, 2.05) is 0 Å². The Balaban J connectivity index is 3.71. The number of nitrogen functional groups attached to an aromatic ring is 1. The number of hydrogen-bond acceptors (Lipinski definition) is 6. The Bertz CT molecular complexity index is 581. The summed E-state index contributed by atoms with van der Waals surface area (Å²) in [5.74, 6) is -0.928. The van der Waals surface area contributed by atoms with Crippen molar-refractivity contribution in [1.82, 2.24) is 0 Å². The number of nitro groups is 1. The molecule has 0 fully saturated rings. The number of hydrogen-bond donors (Lipinski definition) is 1. The third-order valence-electron chi connectivity index (χ3n) is 2.00. The first kappa shape index (κ1) is 13.6. The van der Waals surface area contributed by atoms with Crippen molar-refractivity contribution in [2.24, 2.45) is 5.11 Å². The number of anilines is 1. The number of rotatable bonds is 3. The van der Waals surface area contributed by atoms with Crippen LogP contribution in [0.5, 0.6) is 0 Å². The molecule has 0 radical (unpaired) electrons. The normalized spacial score (nSPS) is 9.44. The van der Waals surface area contributed by atoms with E-state index in [0.29, 0.717) is 0 Å². The molecule has 0 aliphatic heterocycles. The average Bonchev–Trinajstić information content (AvgIpc) is 2.34. The van der Waals surface area contributed by atoms with Gasteiger partial charge in [0, 0.05) is 11.0 Å². The van der Waals surface area contributed by atoms with Crippen LogP contribution in [0.2, 0.25) is 5.02 Å². The van der Waals surface area contributed by atoms with Crippen LogP contribution in [0.15, 0.2) is 11.2 Å². The van der Waals surface area contributed by atoms with Gasteiger partial charge in [-0.1, -0.05) is 16.7 Å². The molecule has 0 saturated carbocycles. The zero-order valence-electron chi connectivity index (χ0n) is 8.95. The zero-order valence-corrected chi connectivity index (χ0v) is 9.71. The summed E-state index contributed by atoms with van der Waals surface area (Å²) >= 11 is 5.73. The number of azide groups is 1. The van der Waals surface area contributed by atoms with E-state index >= 15 is 0 Å². The minimum absolute atomic E-state index is 0.311. The van der Waals surface area contributed by atoms with Gasteiger partial charge in [-0.2, -0.15) is 0 Å². The predicted octanol–water partition coefficient (Wildman–Crippen LogP) is 2.56. The third kappa shape index (κ3) is 2.26. The number of nitro benzene ring substituents is 1. The first-order valence-electron chi connectivity index (χ1n) is 4.33. The van der Waals surface area contributed by atoms with Gasteiger partial charge in [-0.05, 0) is 5.53 Å². The molecule has 1 rings (SSSR count). The first-order valence-corrected chi connectivity index (χ1v) is 4.71. The molecular weight excluding hydrogens is 266 g/mol. The van der Waals surface area contributed by atoms with E-state index in [0.717, 1.165) is 13.2 Å². The molecule has 0 saturated heterocycles. The van der Waals surface area contributed by atoms with Crippen LogP contribution in [0.4, 0.5) is 17.1 Å². The summed E-state index contributed by atoms with van der Waals surface area (Å²) in [6.07, 6.45) is 0. The molecule has 94 valence electrons. The van der Waals surface area contributed by atoms with Gasteiger partial charge in [0.2, 0.25) is 0 Å². The van der Waals surface area contributed by atoms with Crippen LogP contribution in [0, 0.1) is 10.1 Å². The molecule has 0 heterocycles. The second-order valence-corrected chi connectivity index (χ2v) is 3.34. The highest BCUT2D eigenvalue weighted by atomic mass is 35.5. The quantitative estimate of drug-likeness (QED) is 0.171. The number of ether oxygens (including phenoxy) is 1. The van der Waals surface area contributed by atoms with Crippen LogP contribution in [0.1, 0.15) is 10.4 Å². The predicted molar refractivity (Wildman–Crippen MR) is 62.7 cm³/mol. The highest BCUT2D eigenvalue weighted by Gasteiger charge is 2.24. The Labute approximate surface area is 105 Å². The maximum atomic E-state index is 11.4. The van der Waals surface area contributed by atoms with Crippen LogP contribution in [0.25, 0.3) is 10.4 Å². The number of nitrogens with zero attached hydrogens (tertiary/aromatic N) is 4. The van der Waals surface area contributed by atoms with Crippen molar-refractivity contribution in [3.05, 3.63) is 37.2 Å². The summed E-state index contributed by atoms with van der Waals surface area (Å²) in [6.45, 7) is 0. The topological polar surface area (TPSA) is 144 Å². The average molecular weight is 272 g/mol. The van der Waals surface area contributed by atoms with Gasteiger partial charge >= 0.3 is 5.97 Å². The summed E-state index contributed by atoms with van der Waals surface area (Å²) in [4.78, 5) is 23.8. The molecule has 10 heteroatoms. The molecule has 0 atom stereocenters. The smallest absolute Gasteiger partial charge is 0.338 e. The molecule has 1 aromatic rings. The second kappa shape index (κ2) is 5.21. The number of esters is 1. The van der Waals surface area contributed by atoms with Crippen LogP contribution in [-0.4, -0.2) is 18.0 Å². The van der Waals surface area contributed by atoms with Gasteiger partial charge in [-0.25, -0.2) is 4.79 Å². The van der Waals surface area contributed by atoms with Crippen molar-refractivity contribution in [1.29, 1.82) is 0 Å². The fraction of sp³-hybridized carbons (Fsp3) is 0.125. The number of benzene rings is 1. The third-order valence-corrected chi connectivity index (χ3v) is 2.39. The summed E-state index contributed by atoms with van der Waals surface area (Å²) in [5.41, 5.74) is 12.2. The fourth-order valence-corrected chi connectivity index (χ4v) is 1.44. The number of methoxy groups -OCH3 is 1. The van der Waals surface area contributed by atoms with Crippen molar-refractivity contribution < 1.29 is 14.5 Å². The molecule has 9 nitrogen and oxygen atoms in total. The molecule has 2 N–H and O–H groups in total. The van der Waals surface area contributed by atoms with Crippen molar-refractivity contribution >= 4 is 34.6 Å². The van der Waals surface area contributed by atoms with Gasteiger partial charge < -0.3 is 10.5 Å².